The summed E-state index contributed by atoms with van der Waals surface area (Å²) in [5, 5.41) is 2.99. The van der Waals surface area contributed by atoms with Gasteiger partial charge in [-0.2, -0.15) is 0 Å². The first-order chi connectivity index (χ1) is 16.5. The highest BCUT2D eigenvalue weighted by Gasteiger charge is 2.46. The molecule has 3 atom stereocenters. The summed E-state index contributed by atoms with van der Waals surface area (Å²) < 4.78 is 10.2. The van der Waals surface area contributed by atoms with Crippen molar-refractivity contribution in [3.63, 3.8) is 0 Å². The first-order valence-electron chi connectivity index (χ1n) is 11.1. The molecule has 0 saturated carbocycles. The SMILES string of the molecule is C[C@@H]1C(=O)N[C@H](c2ccccc2)[C@H]1N(Cc1ccccc1)C(=O)OC(=O)OCc1ccccc1. The molecule has 0 aromatic heterocycles. The summed E-state index contributed by atoms with van der Waals surface area (Å²) in [6.45, 7) is 1.92. The molecule has 3 aromatic rings. The van der Waals surface area contributed by atoms with Crippen LogP contribution in [0.2, 0.25) is 0 Å². The second-order valence-electron chi connectivity index (χ2n) is 8.18. The van der Waals surface area contributed by atoms with E-state index in [1.165, 1.54) is 4.90 Å². The molecule has 4 rings (SSSR count). The highest BCUT2D eigenvalue weighted by molar-refractivity contribution is 5.85. The highest BCUT2D eigenvalue weighted by Crippen LogP contribution is 2.34. The largest absolute Gasteiger partial charge is 0.517 e. The number of benzene rings is 3. The van der Waals surface area contributed by atoms with E-state index >= 15 is 0 Å². The number of hydrogen-bond acceptors (Lipinski definition) is 5. The average molecular weight is 459 g/mol. The van der Waals surface area contributed by atoms with E-state index in [1.807, 2.05) is 78.9 Å². The van der Waals surface area contributed by atoms with Crippen molar-refractivity contribution in [3.8, 4) is 0 Å². The van der Waals surface area contributed by atoms with Gasteiger partial charge in [-0.1, -0.05) is 97.9 Å². The second-order valence-corrected chi connectivity index (χ2v) is 8.18. The zero-order valence-corrected chi connectivity index (χ0v) is 18.8. The van der Waals surface area contributed by atoms with Gasteiger partial charge in [0.1, 0.15) is 6.61 Å². The molecular formula is C27H26N2O5. The molecule has 1 heterocycles. The van der Waals surface area contributed by atoms with Crippen LogP contribution in [0.5, 0.6) is 0 Å². The lowest BCUT2D eigenvalue weighted by atomic mass is 9.93. The molecule has 1 N–H and O–H groups in total. The fraction of sp³-hybridized carbons (Fsp3) is 0.222. The fourth-order valence-corrected chi connectivity index (χ4v) is 4.15. The lowest BCUT2D eigenvalue weighted by Crippen LogP contribution is -2.46. The lowest BCUT2D eigenvalue weighted by molar-refractivity contribution is -0.122. The molecular weight excluding hydrogens is 432 g/mol. The molecule has 7 heteroatoms. The Balaban J connectivity index is 1.56. The van der Waals surface area contributed by atoms with Gasteiger partial charge in [-0.05, 0) is 16.7 Å². The zero-order valence-electron chi connectivity index (χ0n) is 18.8. The maximum atomic E-state index is 13.2. The van der Waals surface area contributed by atoms with Crippen LogP contribution in [0.4, 0.5) is 9.59 Å². The molecule has 0 unspecified atom stereocenters. The average Bonchev–Trinajstić information content (AvgIpc) is 3.17. The third-order valence-corrected chi connectivity index (χ3v) is 5.88. The number of hydrogen-bond donors (Lipinski definition) is 1. The van der Waals surface area contributed by atoms with E-state index in [0.717, 1.165) is 16.7 Å². The van der Waals surface area contributed by atoms with Gasteiger partial charge >= 0.3 is 12.2 Å². The standard InChI is InChI=1S/C27H26N2O5/c1-19-24(23(28-25(19)30)22-15-9-4-10-16-22)29(17-20-11-5-2-6-12-20)26(31)34-27(32)33-18-21-13-7-3-8-14-21/h2-16,19,23-24H,17-18H2,1H3,(H,28,30)/t19-,23+,24-/m0/s1. The normalized spacial score (nSPS) is 19.2. The van der Waals surface area contributed by atoms with Gasteiger partial charge in [-0.3, -0.25) is 9.69 Å². The number of ether oxygens (including phenoxy) is 2. The van der Waals surface area contributed by atoms with Gasteiger partial charge in [-0.15, -0.1) is 0 Å². The van der Waals surface area contributed by atoms with Crippen molar-refractivity contribution < 1.29 is 23.9 Å². The van der Waals surface area contributed by atoms with Crippen LogP contribution in [-0.4, -0.2) is 29.1 Å². The van der Waals surface area contributed by atoms with Crippen molar-refractivity contribution >= 4 is 18.2 Å². The third-order valence-electron chi connectivity index (χ3n) is 5.88. The molecule has 34 heavy (non-hydrogen) atoms. The minimum Gasteiger partial charge on any atom is -0.429 e. The van der Waals surface area contributed by atoms with Crippen LogP contribution in [0.15, 0.2) is 91.0 Å². The second kappa shape index (κ2) is 10.7. The Bertz CT molecular complexity index is 1120. The number of nitrogens with zero attached hydrogens (tertiary/aromatic N) is 1. The van der Waals surface area contributed by atoms with Gasteiger partial charge in [0.25, 0.3) is 0 Å². The zero-order chi connectivity index (χ0) is 23.9. The lowest BCUT2D eigenvalue weighted by Gasteiger charge is -2.33. The van der Waals surface area contributed by atoms with Crippen molar-refractivity contribution in [1.82, 2.24) is 10.2 Å². The van der Waals surface area contributed by atoms with Crippen LogP contribution >= 0.6 is 0 Å². The minimum atomic E-state index is -1.09. The summed E-state index contributed by atoms with van der Waals surface area (Å²) in [5.41, 5.74) is 2.48. The van der Waals surface area contributed by atoms with E-state index in [4.69, 9.17) is 9.47 Å². The third kappa shape index (κ3) is 5.43. The smallest absolute Gasteiger partial charge is 0.429 e. The molecule has 0 radical (unpaired) electrons. The van der Waals surface area contributed by atoms with Crippen LogP contribution in [0.3, 0.4) is 0 Å². The van der Waals surface area contributed by atoms with Crippen molar-refractivity contribution in [2.24, 2.45) is 5.92 Å². The first kappa shape index (κ1) is 23.0. The predicted molar refractivity (Wildman–Crippen MR) is 125 cm³/mol. The molecule has 0 bridgehead atoms. The summed E-state index contributed by atoms with van der Waals surface area (Å²) in [5.74, 6) is -0.682. The molecule has 2 amide bonds. The summed E-state index contributed by atoms with van der Waals surface area (Å²) >= 11 is 0. The Kier molecular flexibility index (Phi) is 7.22. The number of carbonyl (C=O) groups excluding carboxylic acids is 3. The van der Waals surface area contributed by atoms with Crippen LogP contribution in [0.25, 0.3) is 0 Å². The molecule has 0 spiro atoms. The molecule has 1 fully saturated rings. The number of amides is 2. The predicted octanol–water partition coefficient (Wildman–Crippen LogP) is 4.84. The Morgan fingerprint density at radius 1 is 0.853 bits per heavy atom. The number of carbonyl (C=O) groups is 3. The Morgan fingerprint density at radius 2 is 1.41 bits per heavy atom. The summed E-state index contributed by atoms with van der Waals surface area (Å²) in [6, 6.07) is 26.9. The quantitative estimate of drug-likeness (QED) is 0.422. The van der Waals surface area contributed by atoms with Gasteiger partial charge in [0.05, 0.1) is 18.0 Å². The van der Waals surface area contributed by atoms with Crippen LogP contribution in [0, 0.1) is 5.92 Å². The van der Waals surface area contributed by atoms with Crippen molar-refractivity contribution in [2.45, 2.75) is 32.2 Å². The van der Waals surface area contributed by atoms with E-state index in [1.54, 1.807) is 19.1 Å². The van der Waals surface area contributed by atoms with Gasteiger partial charge < -0.3 is 14.8 Å². The topological polar surface area (TPSA) is 84.9 Å². The van der Waals surface area contributed by atoms with E-state index in [9.17, 15) is 14.4 Å². The van der Waals surface area contributed by atoms with Crippen LogP contribution < -0.4 is 5.32 Å². The molecule has 1 aliphatic rings. The maximum absolute atomic E-state index is 13.2. The van der Waals surface area contributed by atoms with E-state index < -0.39 is 30.3 Å². The monoisotopic (exact) mass is 458 g/mol. The molecule has 0 aliphatic carbocycles. The number of nitrogens with one attached hydrogen (secondary N) is 1. The van der Waals surface area contributed by atoms with E-state index in [2.05, 4.69) is 5.32 Å². The van der Waals surface area contributed by atoms with Crippen molar-refractivity contribution in [3.05, 3.63) is 108 Å². The summed E-state index contributed by atoms with van der Waals surface area (Å²) in [7, 11) is 0. The number of rotatable bonds is 6. The molecule has 1 saturated heterocycles. The Hall–Kier alpha value is -4.13. The van der Waals surface area contributed by atoms with Gasteiger partial charge in [0.15, 0.2) is 0 Å². The minimum absolute atomic E-state index is 0.0157. The molecule has 1 aliphatic heterocycles. The summed E-state index contributed by atoms with van der Waals surface area (Å²) in [6.07, 6.45) is -1.95. The first-order valence-corrected chi connectivity index (χ1v) is 11.1. The fourth-order valence-electron chi connectivity index (χ4n) is 4.15. The maximum Gasteiger partial charge on any atom is 0.517 e. The Labute approximate surface area is 198 Å². The molecule has 3 aromatic carbocycles. The van der Waals surface area contributed by atoms with Crippen molar-refractivity contribution in [2.75, 3.05) is 0 Å². The van der Waals surface area contributed by atoms with Crippen LogP contribution in [0.1, 0.15) is 29.7 Å². The summed E-state index contributed by atoms with van der Waals surface area (Å²) in [4.78, 5) is 39.6. The van der Waals surface area contributed by atoms with Gasteiger partial charge in [0.2, 0.25) is 5.91 Å². The van der Waals surface area contributed by atoms with Crippen LogP contribution in [-0.2, 0) is 27.4 Å². The van der Waals surface area contributed by atoms with Gasteiger partial charge in [-0.25, -0.2) is 9.59 Å². The van der Waals surface area contributed by atoms with E-state index in [-0.39, 0.29) is 19.1 Å². The molecule has 174 valence electrons. The van der Waals surface area contributed by atoms with E-state index in [0.29, 0.717) is 0 Å². The Morgan fingerprint density at radius 3 is 2.03 bits per heavy atom. The van der Waals surface area contributed by atoms with Crippen molar-refractivity contribution in [1.29, 1.82) is 0 Å². The van der Waals surface area contributed by atoms with Gasteiger partial charge in [0, 0.05) is 6.54 Å². The highest BCUT2D eigenvalue weighted by atomic mass is 16.7. The molecule has 7 nitrogen and oxygen atoms in total.